The molecule has 44 valence electrons. The zero-order chi connectivity index (χ0) is 6.85. The fraction of sp³-hybridized carbons (Fsp3) is 0. The Labute approximate surface area is 62.2 Å². The molecule has 0 atom stereocenters. The Hall–Kier alpha value is -0.575. The van der Waals surface area contributed by atoms with Crippen LogP contribution >= 0.6 is 15.9 Å². The van der Waals surface area contributed by atoms with Gasteiger partial charge >= 0.3 is 0 Å². The predicted octanol–water partition coefficient (Wildman–Crippen LogP) is -0.385. The van der Waals surface area contributed by atoms with Crippen LogP contribution in [0.3, 0.4) is 0 Å². The molecule has 0 unspecified atom stereocenters. The van der Waals surface area contributed by atoms with Crippen molar-refractivity contribution in [3.63, 3.8) is 0 Å². The van der Waals surface area contributed by atoms with Gasteiger partial charge in [-0.2, -0.15) is 0 Å². The molecule has 0 aliphatic carbocycles. The van der Waals surface area contributed by atoms with E-state index in [1.54, 1.807) is 0 Å². The Balaban J connectivity index is 3.17. The molecule has 0 aliphatic heterocycles. The summed E-state index contributed by atoms with van der Waals surface area (Å²) in [4.78, 5) is 7.50. The van der Waals surface area contributed by atoms with Crippen molar-refractivity contribution in [3.05, 3.63) is 10.8 Å². The van der Waals surface area contributed by atoms with Crippen molar-refractivity contribution < 1.29 is 0 Å². The van der Waals surface area contributed by atoms with Gasteiger partial charge in [0.1, 0.15) is 12.4 Å². The lowest BCUT2D eigenvalue weighted by Crippen LogP contribution is -2.10. The zero-order valence-electron chi connectivity index (χ0n) is 4.50. The Morgan fingerprint density at radius 1 is 1.67 bits per heavy atom. The Morgan fingerprint density at radius 2 is 2.33 bits per heavy atom. The molecule has 0 bridgehead atoms. The molecule has 3 nitrogen and oxygen atoms in total. The number of hydrogen-bond acceptors (Lipinski definition) is 3. The normalized spacial score (nSPS) is 9.44. The van der Waals surface area contributed by atoms with Crippen molar-refractivity contribution in [2.45, 2.75) is 0 Å². The standard InChI is InChI=1S/C4H3BBrN3/c5-2-1-8-4(7)3(6)9-2/h1H,(H2,7,8). The number of nitrogens with two attached hydrogens (primary N) is 1. The van der Waals surface area contributed by atoms with Crippen LogP contribution in [-0.2, 0) is 0 Å². The van der Waals surface area contributed by atoms with Crippen LogP contribution in [0.25, 0.3) is 0 Å². The van der Waals surface area contributed by atoms with Gasteiger partial charge in [-0.15, -0.1) is 0 Å². The van der Waals surface area contributed by atoms with E-state index in [0.29, 0.717) is 16.0 Å². The van der Waals surface area contributed by atoms with Crippen LogP contribution in [0.5, 0.6) is 0 Å². The van der Waals surface area contributed by atoms with Gasteiger partial charge in [-0.1, -0.05) is 0 Å². The topological polar surface area (TPSA) is 51.8 Å². The Kier molecular flexibility index (Phi) is 1.71. The lowest BCUT2D eigenvalue weighted by molar-refractivity contribution is 1.22. The van der Waals surface area contributed by atoms with E-state index in [2.05, 4.69) is 25.9 Å². The van der Waals surface area contributed by atoms with E-state index >= 15 is 0 Å². The first-order chi connectivity index (χ1) is 4.20. The van der Waals surface area contributed by atoms with Crippen LogP contribution in [0.15, 0.2) is 10.8 Å². The van der Waals surface area contributed by atoms with Crippen molar-refractivity contribution in [2.24, 2.45) is 0 Å². The quantitative estimate of drug-likeness (QED) is 0.558. The summed E-state index contributed by atoms with van der Waals surface area (Å²) >= 11 is 3.07. The first-order valence-electron chi connectivity index (χ1n) is 2.23. The first-order valence-corrected chi connectivity index (χ1v) is 3.03. The third-order valence-corrected chi connectivity index (χ3v) is 1.36. The summed E-state index contributed by atoms with van der Waals surface area (Å²) in [6.45, 7) is 0. The molecule has 0 aliphatic rings. The average Bonchev–Trinajstić information content (AvgIpc) is 1.80. The van der Waals surface area contributed by atoms with Gasteiger partial charge in [0.25, 0.3) is 0 Å². The number of nitrogens with zero attached hydrogens (tertiary/aromatic N) is 2. The second kappa shape index (κ2) is 2.35. The maximum atomic E-state index is 5.31. The van der Waals surface area contributed by atoms with Gasteiger partial charge in [-0.05, 0) is 15.9 Å². The zero-order valence-corrected chi connectivity index (χ0v) is 6.09. The predicted molar refractivity (Wildman–Crippen MR) is 39.5 cm³/mol. The Bertz CT molecular complexity index is 227. The number of nitrogen functional groups attached to an aromatic ring is 1. The highest BCUT2D eigenvalue weighted by atomic mass is 79.9. The van der Waals surface area contributed by atoms with Crippen molar-refractivity contribution in [1.29, 1.82) is 0 Å². The van der Waals surface area contributed by atoms with E-state index < -0.39 is 0 Å². The fourth-order valence-corrected chi connectivity index (χ4v) is 0.696. The van der Waals surface area contributed by atoms with Gasteiger partial charge in [0.05, 0.1) is 0 Å². The molecule has 2 radical (unpaired) electrons. The van der Waals surface area contributed by atoms with Gasteiger partial charge in [0, 0.05) is 11.8 Å². The van der Waals surface area contributed by atoms with Crippen LogP contribution in [0.2, 0.25) is 0 Å². The molecule has 2 N–H and O–H groups in total. The monoisotopic (exact) mass is 183 g/mol. The van der Waals surface area contributed by atoms with Gasteiger partial charge in [-0.3, -0.25) is 4.98 Å². The van der Waals surface area contributed by atoms with Gasteiger partial charge in [0.2, 0.25) is 0 Å². The molecule has 0 fully saturated rings. The van der Waals surface area contributed by atoms with E-state index in [0.717, 1.165) is 0 Å². The summed E-state index contributed by atoms with van der Waals surface area (Å²) in [5.74, 6) is 0.351. The molecule has 1 heterocycles. The maximum absolute atomic E-state index is 5.31. The second-order valence-corrected chi connectivity index (χ2v) is 2.22. The Morgan fingerprint density at radius 3 is 2.78 bits per heavy atom. The van der Waals surface area contributed by atoms with Gasteiger partial charge < -0.3 is 5.73 Å². The first kappa shape index (κ1) is 6.54. The van der Waals surface area contributed by atoms with E-state index in [1.165, 1.54) is 6.20 Å². The molecule has 1 rings (SSSR count). The van der Waals surface area contributed by atoms with Crippen LogP contribution in [0.1, 0.15) is 0 Å². The number of aromatic nitrogens is 2. The van der Waals surface area contributed by atoms with Gasteiger partial charge in [-0.25, -0.2) is 4.98 Å². The number of hydrogen-bond donors (Lipinski definition) is 1. The summed E-state index contributed by atoms with van der Waals surface area (Å²) in [6.07, 6.45) is 1.40. The molecule has 0 spiro atoms. The largest absolute Gasteiger partial charge is 0.381 e. The lowest BCUT2D eigenvalue weighted by Gasteiger charge is -1.95. The SMILES string of the molecule is [B]c1cnc(N)c(Br)n1. The van der Waals surface area contributed by atoms with Crippen LogP contribution in [0.4, 0.5) is 5.82 Å². The van der Waals surface area contributed by atoms with E-state index in [4.69, 9.17) is 13.6 Å². The molecule has 9 heavy (non-hydrogen) atoms. The third kappa shape index (κ3) is 1.42. The van der Waals surface area contributed by atoms with E-state index in [-0.39, 0.29) is 0 Å². The average molecular weight is 184 g/mol. The van der Waals surface area contributed by atoms with E-state index in [1.807, 2.05) is 0 Å². The summed E-state index contributed by atoms with van der Waals surface area (Å²) in [6, 6.07) is 0. The summed E-state index contributed by atoms with van der Waals surface area (Å²) in [5, 5.41) is 0. The summed E-state index contributed by atoms with van der Waals surface area (Å²) in [7, 11) is 5.27. The van der Waals surface area contributed by atoms with Gasteiger partial charge in [0.15, 0.2) is 5.82 Å². The summed E-state index contributed by atoms with van der Waals surface area (Å²) in [5.41, 5.74) is 5.67. The van der Waals surface area contributed by atoms with Crippen LogP contribution < -0.4 is 11.3 Å². The van der Waals surface area contributed by atoms with Crippen molar-refractivity contribution in [2.75, 3.05) is 5.73 Å². The molecule has 0 amide bonds. The lowest BCUT2D eigenvalue weighted by atomic mass is 10.1. The number of anilines is 1. The maximum Gasteiger partial charge on any atom is 0.156 e. The van der Waals surface area contributed by atoms with Crippen molar-refractivity contribution in [3.8, 4) is 0 Å². The number of halogens is 1. The van der Waals surface area contributed by atoms with Crippen molar-refractivity contribution in [1.82, 2.24) is 9.97 Å². The molecular formula is C4H3BBrN3. The molecule has 1 aromatic rings. The smallest absolute Gasteiger partial charge is 0.156 e. The van der Waals surface area contributed by atoms with Crippen LogP contribution in [0, 0.1) is 0 Å². The highest BCUT2D eigenvalue weighted by Gasteiger charge is 1.94. The molecule has 5 heteroatoms. The van der Waals surface area contributed by atoms with E-state index in [9.17, 15) is 0 Å². The molecule has 1 aromatic heterocycles. The highest BCUT2D eigenvalue weighted by Crippen LogP contribution is 2.08. The molecular weight excluding hydrogens is 181 g/mol. The third-order valence-electron chi connectivity index (χ3n) is 0.775. The van der Waals surface area contributed by atoms with Crippen molar-refractivity contribution >= 4 is 35.2 Å². The summed E-state index contributed by atoms with van der Waals surface area (Å²) < 4.78 is 0.488. The molecule has 0 saturated carbocycles. The highest BCUT2D eigenvalue weighted by molar-refractivity contribution is 9.10. The molecule has 0 aromatic carbocycles. The minimum atomic E-state index is 0.351. The van der Waals surface area contributed by atoms with Crippen LogP contribution in [-0.4, -0.2) is 17.8 Å². The molecule has 0 saturated heterocycles. The number of rotatable bonds is 0. The fourth-order valence-electron chi connectivity index (χ4n) is 0.388. The minimum absolute atomic E-state index is 0.351. The minimum Gasteiger partial charge on any atom is -0.381 e. The second-order valence-electron chi connectivity index (χ2n) is 1.47.